The summed E-state index contributed by atoms with van der Waals surface area (Å²) < 4.78 is 11.2. The Morgan fingerprint density at radius 3 is 3.03 bits per heavy atom. The topological polar surface area (TPSA) is 102 Å². The van der Waals surface area contributed by atoms with Crippen LogP contribution in [0.1, 0.15) is 17.3 Å². The number of hydrogen-bond donors (Lipinski definition) is 0. The summed E-state index contributed by atoms with van der Waals surface area (Å²) in [5, 5.41) is 3.87. The number of likely N-dealkylation sites (N-methyl/N-ethyl adjacent to an activating group) is 1. The van der Waals surface area contributed by atoms with E-state index in [4.69, 9.17) is 9.26 Å². The largest absolute Gasteiger partial charge is 0.360 e. The number of aryl methyl sites for hydroxylation is 1. The van der Waals surface area contributed by atoms with Crippen LogP contribution in [0.15, 0.2) is 41.2 Å². The van der Waals surface area contributed by atoms with E-state index in [0.29, 0.717) is 37.8 Å². The van der Waals surface area contributed by atoms with Crippen molar-refractivity contribution in [2.24, 2.45) is 11.8 Å². The van der Waals surface area contributed by atoms with Gasteiger partial charge in [-0.1, -0.05) is 23.4 Å². The van der Waals surface area contributed by atoms with Crippen molar-refractivity contribution in [3.05, 3.63) is 54.0 Å². The SMILES string of the molecule is Cc1nc(CCN(C)C(=O)[C@@H]2[C@@H]3C=C[C@@]4(CN(Cc5cccnc5)C(=O)[C@@H]24)O3)no1. The summed E-state index contributed by atoms with van der Waals surface area (Å²) in [6.45, 7) is 3.08. The van der Waals surface area contributed by atoms with E-state index in [1.54, 1.807) is 36.2 Å². The molecular weight excluding hydrogens is 386 g/mol. The molecule has 0 radical (unpaired) electrons. The van der Waals surface area contributed by atoms with E-state index < -0.39 is 17.4 Å². The van der Waals surface area contributed by atoms with Crippen molar-refractivity contribution >= 4 is 11.8 Å². The van der Waals surface area contributed by atoms with Crippen molar-refractivity contribution in [3.63, 3.8) is 0 Å². The smallest absolute Gasteiger partial charge is 0.230 e. The first kappa shape index (κ1) is 18.9. The van der Waals surface area contributed by atoms with E-state index in [1.165, 1.54) is 0 Å². The van der Waals surface area contributed by atoms with Crippen molar-refractivity contribution in [2.75, 3.05) is 20.1 Å². The summed E-state index contributed by atoms with van der Waals surface area (Å²) in [5.41, 5.74) is 0.242. The van der Waals surface area contributed by atoms with Gasteiger partial charge in [0, 0.05) is 45.9 Å². The molecule has 0 unspecified atom stereocenters. The van der Waals surface area contributed by atoms with Crippen LogP contribution in [0, 0.1) is 18.8 Å². The van der Waals surface area contributed by atoms with Gasteiger partial charge < -0.3 is 19.1 Å². The molecule has 0 N–H and O–H groups in total. The zero-order chi connectivity index (χ0) is 20.9. The third-order valence-electron chi connectivity index (χ3n) is 6.18. The Labute approximate surface area is 173 Å². The summed E-state index contributed by atoms with van der Waals surface area (Å²) in [4.78, 5) is 38.3. The average molecular weight is 409 g/mol. The number of hydrogen-bond acceptors (Lipinski definition) is 7. The minimum absolute atomic E-state index is 0.0359. The second-order valence-electron chi connectivity index (χ2n) is 8.19. The third kappa shape index (κ3) is 3.00. The fraction of sp³-hybridized carbons (Fsp3) is 0.476. The van der Waals surface area contributed by atoms with Gasteiger partial charge in [0.15, 0.2) is 5.82 Å². The Morgan fingerprint density at radius 1 is 1.43 bits per heavy atom. The maximum Gasteiger partial charge on any atom is 0.230 e. The molecule has 2 aromatic heterocycles. The summed E-state index contributed by atoms with van der Waals surface area (Å²) in [6, 6.07) is 3.79. The number of pyridine rings is 1. The van der Waals surface area contributed by atoms with E-state index >= 15 is 0 Å². The lowest BCUT2D eigenvalue weighted by Gasteiger charge is -2.27. The zero-order valence-electron chi connectivity index (χ0n) is 16.9. The van der Waals surface area contributed by atoms with Crippen LogP contribution < -0.4 is 0 Å². The highest BCUT2D eigenvalue weighted by molar-refractivity contribution is 5.93. The standard InChI is InChI=1S/C21H23N5O4/c1-13-23-16(24-30-13)6-9-25(2)19(27)17-15-5-7-21(29-15)12-26(20(28)18(17)21)11-14-4-3-8-22-10-14/h3-5,7-8,10,15,17-18H,6,9,11-12H2,1-2H3/t15-,17+,18+,21-/m0/s1. The van der Waals surface area contributed by atoms with Crippen LogP contribution >= 0.6 is 0 Å². The number of aromatic nitrogens is 3. The van der Waals surface area contributed by atoms with Gasteiger partial charge in [0.1, 0.15) is 5.60 Å². The number of likely N-dealkylation sites (tertiary alicyclic amines) is 1. The molecule has 5 rings (SSSR count). The number of nitrogens with zero attached hydrogens (tertiary/aromatic N) is 5. The number of rotatable bonds is 6. The number of carbonyl (C=O) groups excluding carboxylic acids is 2. The average Bonchev–Trinajstić information content (AvgIpc) is 3.48. The molecule has 5 heterocycles. The van der Waals surface area contributed by atoms with Gasteiger partial charge >= 0.3 is 0 Å². The Kier molecular flexibility index (Phi) is 4.43. The van der Waals surface area contributed by atoms with Gasteiger partial charge in [-0.3, -0.25) is 14.6 Å². The first-order chi connectivity index (χ1) is 14.5. The van der Waals surface area contributed by atoms with Gasteiger partial charge in [0.25, 0.3) is 0 Å². The number of ether oxygens (including phenoxy) is 1. The predicted molar refractivity (Wildman–Crippen MR) is 104 cm³/mol. The molecule has 0 aromatic carbocycles. The molecule has 2 saturated heterocycles. The highest BCUT2D eigenvalue weighted by atomic mass is 16.5. The lowest BCUT2D eigenvalue weighted by molar-refractivity contribution is -0.142. The quantitative estimate of drug-likeness (QED) is 0.649. The molecule has 4 atom stereocenters. The van der Waals surface area contributed by atoms with Gasteiger partial charge in [-0.2, -0.15) is 4.98 Å². The highest BCUT2D eigenvalue weighted by Crippen LogP contribution is 2.52. The van der Waals surface area contributed by atoms with Crippen LogP contribution in [0.2, 0.25) is 0 Å². The van der Waals surface area contributed by atoms with E-state index in [1.807, 2.05) is 24.3 Å². The fourth-order valence-corrected chi connectivity index (χ4v) is 4.78. The molecule has 2 fully saturated rings. The van der Waals surface area contributed by atoms with E-state index in [9.17, 15) is 9.59 Å². The Hall–Kier alpha value is -3.07. The molecule has 0 saturated carbocycles. The maximum absolute atomic E-state index is 13.3. The molecule has 3 aliphatic rings. The van der Waals surface area contributed by atoms with Crippen LogP contribution in [-0.2, 0) is 27.3 Å². The van der Waals surface area contributed by atoms with E-state index in [2.05, 4.69) is 15.1 Å². The van der Waals surface area contributed by atoms with E-state index in [0.717, 1.165) is 5.56 Å². The minimum Gasteiger partial charge on any atom is -0.360 e. The molecule has 0 aliphatic carbocycles. The Bertz CT molecular complexity index is 1010. The van der Waals surface area contributed by atoms with Crippen LogP contribution in [0.5, 0.6) is 0 Å². The molecule has 1 spiro atoms. The van der Waals surface area contributed by atoms with Crippen LogP contribution in [-0.4, -0.2) is 68.6 Å². The lowest BCUT2D eigenvalue weighted by Crippen LogP contribution is -2.45. The molecule has 2 amide bonds. The molecule has 2 aromatic rings. The minimum atomic E-state index is -0.712. The summed E-state index contributed by atoms with van der Waals surface area (Å²) in [5.74, 6) is -0.0747. The predicted octanol–water partition coefficient (Wildman–Crippen LogP) is 0.756. The first-order valence-corrected chi connectivity index (χ1v) is 10.1. The molecule has 9 nitrogen and oxygen atoms in total. The number of fused-ring (bicyclic) bond motifs is 1. The molecule has 9 heteroatoms. The second-order valence-corrected chi connectivity index (χ2v) is 8.19. The molecule has 30 heavy (non-hydrogen) atoms. The normalized spacial score (nSPS) is 28.9. The Balaban J connectivity index is 1.31. The molecule has 2 bridgehead atoms. The van der Waals surface area contributed by atoms with Gasteiger partial charge in [-0.25, -0.2) is 0 Å². The van der Waals surface area contributed by atoms with Crippen molar-refractivity contribution < 1.29 is 18.8 Å². The van der Waals surface area contributed by atoms with Crippen LogP contribution in [0.25, 0.3) is 0 Å². The number of amides is 2. The van der Waals surface area contributed by atoms with Crippen molar-refractivity contribution in [3.8, 4) is 0 Å². The highest BCUT2D eigenvalue weighted by Gasteiger charge is 2.67. The van der Waals surface area contributed by atoms with Crippen molar-refractivity contribution in [1.82, 2.24) is 24.9 Å². The third-order valence-corrected chi connectivity index (χ3v) is 6.18. The summed E-state index contributed by atoms with van der Waals surface area (Å²) >= 11 is 0. The Morgan fingerprint density at radius 2 is 2.30 bits per heavy atom. The monoisotopic (exact) mass is 409 g/mol. The molecule has 3 aliphatic heterocycles. The van der Waals surface area contributed by atoms with Crippen LogP contribution in [0.4, 0.5) is 0 Å². The van der Waals surface area contributed by atoms with Gasteiger partial charge in [0.2, 0.25) is 17.7 Å². The molecule has 156 valence electrons. The van der Waals surface area contributed by atoms with Gasteiger partial charge in [0.05, 0.1) is 24.5 Å². The molecular formula is C21H23N5O4. The van der Waals surface area contributed by atoms with Crippen molar-refractivity contribution in [2.45, 2.75) is 31.6 Å². The van der Waals surface area contributed by atoms with Gasteiger partial charge in [-0.05, 0) is 11.6 Å². The summed E-state index contributed by atoms with van der Waals surface area (Å²) in [7, 11) is 1.74. The zero-order valence-corrected chi connectivity index (χ0v) is 16.9. The number of carbonyl (C=O) groups is 2. The van der Waals surface area contributed by atoms with Crippen molar-refractivity contribution in [1.29, 1.82) is 0 Å². The lowest BCUT2D eigenvalue weighted by atomic mass is 9.76. The fourth-order valence-electron chi connectivity index (χ4n) is 4.78. The second kappa shape index (κ2) is 7.02. The summed E-state index contributed by atoms with van der Waals surface area (Å²) in [6.07, 6.45) is 7.48. The maximum atomic E-state index is 13.3. The van der Waals surface area contributed by atoms with Gasteiger partial charge in [-0.15, -0.1) is 0 Å². The first-order valence-electron chi connectivity index (χ1n) is 10.1. The van der Waals surface area contributed by atoms with Crippen LogP contribution in [0.3, 0.4) is 0 Å². The van der Waals surface area contributed by atoms with E-state index in [-0.39, 0.29) is 17.9 Å².